The largest absolute Gasteiger partial charge is 0.392 e. The van der Waals surface area contributed by atoms with Gasteiger partial charge in [-0.25, -0.2) is 0 Å². The third-order valence-electron chi connectivity index (χ3n) is 3.37. The molecule has 1 rings (SSSR count). The van der Waals surface area contributed by atoms with Crippen LogP contribution in [0.25, 0.3) is 0 Å². The van der Waals surface area contributed by atoms with Crippen molar-refractivity contribution >= 4 is 0 Å². The second-order valence-electron chi connectivity index (χ2n) is 4.67. The van der Waals surface area contributed by atoms with Gasteiger partial charge in [0.1, 0.15) is 0 Å². The lowest BCUT2D eigenvalue weighted by Gasteiger charge is -2.27. The molecular formula is C12H25NO2. The van der Waals surface area contributed by atoms with Crippen molar-refractivity contribution in [3.63, 3.8) is 0 Å². The molecule has 1 aliphatic carbocycles. The molecule has 0 radical (unpaired) electrons. The van der Waals surface area contributed by atoms with Crippen molar-refractivity contribution in [3.05, 3.63) is 0 Å². The van der Waals surface area contributed by atoms with Crippen LogP contribution in [0.5, 0.6) is 0 Å². The van der Waals surface area contributed by atoms with Crippen LogP contribution in [0.2, 0.25) is 0 Å². The molecule has 1 fully saturated rings. The van der Waals surface area contributed by atoms with E-state index in [0.717, 1.165) is 26.1 Å². The molecule has 0 aromatic carbocycles. The molecule has 0 aliphatic heterocycles. The highest BCUT2D eigenvalue weighted by molar-refractivity contribution is 4.86. The fraction of sp³-hybridized carbons (Fsp3) is 1.00. The summed E-state index contributed by atoms with van der Waals surface area (Å²) in [4.78, 5) is 2.38. The van der Waals surface area contributed by atoms with Gasteiger partial charge >= 0.3 is 0 Å². The Balaban J connectivity index is 2.29. The molecule has 2 unspecified atom stereocenters. The first-order valence-electron chi connectivity index (χ1n) is 6.10. The predicted molar refractivity (Wildman–Crippen MR) is 61.9 cm³/mol. The molecule has 15 heavy (non-hydrogen) atoms. The SMILES string of the molecule is CCC(C)C(O)CN(CCOC)C1CC1. The highest BCUT2D eigenvalue weighted by atomic mass is 16.5. The smallest absolute Gasteiger partial charge is 0.0692 e. The fourth-order valence-electron chi connectivity index (χ4n) is 1.76. The zero-order chi connectivity index (χ0) is 11.3. The van der Waals surface area contributed by atoms with E-state index < -0.39 is 0 Å². The van der Waals surface area contributed by atoms with Crippen molar-refractivity contribution in [2.75, 3.05) is 26.8 Å². The Bertz CT molecular complexity index is 171. The van der Waals surface area contributed by atoms with Gasteiger partial charge in [-0.05, 0) is 18.8 Å². The van der Waals surface area contributed by atoms with Crippen LogP contribution in [0, 0.1) is 5.92 Å². The van der Waals surface area contributed by atoms with Crippen molar-refractivity contribution in [1.29, 1.82) is 0 Å². The van der Waals surface area contributed by atoms with E-state index in [4.69, 9.17) is 4.74 Å². The quantitative estimate of drug-likeness (QED) is 0.666. The number of ether oxygens (including phenoxy) is 1. The maximum Gasteiger partial charge on any atom is 0.0692 e. The standard InChI is InChI=1S/C12H25NO2/c1-4-10(2)12(14)9-13(7-8-15-3)11-5-6-11/h10-12,14H,4-9H2,1-3H3. The third kappa shape index (κ3) is 4.49. The van der Waals surface area contributed by atoms with Crippen LogP contribution in [0.1, 0.15) is 33.1 Å². The third-order valence-corrected chi connectivity index (χ3v) is 3.37. The molecule has 1 saturated carbocycles. The van der Waals surface area contributed by atoms with Gasteiger partial charge in [0.25, 0.3) is 0 Å². The molecular weight excluding hydrogens is 190 g/mol. The molecule has 0 bridgehead atoms. The molecule has 3 nitrogen and oxygen atoms in total. The van der Waals surface area contributed by atoms with Gasteiger partial charge in [0.15, 0.2) is 0 Å². The van der Waals surface area contributed by atoms with E-state index in [1.54, 1.807) is 7.11 Å². The minimum atomic E-state index is -0.188. The van der Waals surface area contributed by atoms with E-state index in [9.17, 15) is 5.11 Å². The van der Waals surface area contributed by atoms with Gasteiger partial charge in [-0.3, -0.25) is 4.90 Å². The molecule has 90 valence electrons. The number of aliphatic hydroxyl groups is 1. The zero-order valence-corrected chi connectivity index (χ0v) is 10.3. The Hall–Kier alpha value is -0.120. The van der Waals surface area contributed by atoms with E-state index >= 15 is 0 Å². The van der Waals surface area contributed by atoms with Crippen LogP contribution in [0.15, 0.2) is 0 Å². The summed E-state index contributed by atoms with van der Waals surface area (Å²) in [5.74, 6) is 0.397. The van der Waals surface area contributed by atoms with E-state index in [0.29, 0.717) is 12.0 Å². The molecule has 0 saturated heterocycles. The van der Waals surface area contributed by atoms with Crippen molar-refractivity contribution in [2.24, 2.45) is 5.92 Å². The van der Waals surface area contributed by atoms with Crippen molar-refractivity contribution < 1.29 is 9.84 Å². The Morgan fingerprint density at radius 1 is 1.47 bits per heavy atom. The van der Waals surface area contributed by atoms with Gasteiger partial charge < -0.3 is 9.84 Å². The second-order valence-corrected chi connectivity index (χ2v) is 4.67. The number of aliphatic hydroxyl groups excluding tert-OH is 1. The number of nitrogens with zero attached hydrogens (tertiary/aromatic N) is 1. The highest BCUT2D eigenvalue weighted by Crippen LogP contribution is 2.27. The van der Waals surface area contributed by atoms with Crippen LogP contribution < -0.4 is 0 Å². The van der Waals surface area contributed by atoms with Crippen LogP contribution >= 0.6 is 0 Å². The molecule has 0 amide bonds. The van der Waals surface area contributed by atoms with Gasteiger partial charge in [-0.1, -0.05) is 20.3 Å². The summed E-state index contributed by atoms with van der Waals surface area (Å²) < 4.78 is 5.10. The zero-order valence-electron chi connectivity index (χ0n) is 10.3. The fourth-order valence-corrected chi connectivity index (χ4v) is 1.76. The number of rotatable bonds is 8. The first-order chi connectivity index (χ1) is 7.19. The Morgan fingerprint density at radius 3 is 2.60 bits per heavy atom. The number of hydrogen-bond acceptors (Lipinski definition) is 3. The summed E-state index contributed by atoms with van der Waals surface area (Å²) in [6.07, 6.45) is 3.44. The van der Waals surface area contributed by atoms with Crippen LogP contribution in [0.4, 0.5) is 0 Å². The lowest BCUT2D eigenvalue weighted by atomic mass is 10.0. The van der Waals surface area contributed by atoms with E-state index in [2.05, 4.69) is 18.7 Å². The van der Waals surface area contributed by atoms with Gasteiger partial charge in [0.2, 0.25) is 0 Å². The highest BCUT2D eigenvalue weighted by Gasteiger charge is 2.30. The number of methoxy groups -OCH3 is 1. The molecule has 0 aromatic heterocycles. The summed E-state index contributed by atoms with van der Waals surface area (Å²) >= 11 is 0. The summed E-state index contributed by atoms with van der Waals surface area (Å²) in [5.41, 5.74) is 0. The van der Waals surface area contributed by atoms with Crippen LogP contribution in [0.3, 0.4) is 0 Å². The topological polar surface area (TPSA) is 32.7 Å². The Kier molecular flexibility index (Phi) is 5.58. The normalized spacial score (nSPS) is 20.6. The van der Waals surface area contributed by atoms with Gasteiger partial charge in [0, 0.05) is 26.2 Å². The predicted octanol–water partition coefficient (Wildman–Crippen LogP) is 1.50. The second kappa shape index (κ2) is 6.46. The van der Waals surface area contributed by atoms with Crippen molar-refractivity contribution in [1.82, 2.24) is 4.90 Å². The van der Waals surface area contributed by atoms with Gasteiger partial charge in [-0.2, -0.15) is 0 Å². The minimum Gasteiger partial charge on any atom is -0.392 e. The summed E-state index contributed by atoms with van der Waals surface area (Å²) in [6, 6.07) is 0.707. The average Bonchev–Trinajstić information content (AvgIpc) is 3.06. The molecule has 0 heterocycles. The summed E-state index contributed by atoms with van der Waals surface area (Å²) in [5, 5.41) is 9.98. The van der Waals surface area contributed by atoms with Crippen LogP contribution in [-0.2, 0) is 4.74 Å². The first-order valence-corrected chi connectivity index (χ1v) is 6.10. The molecule has 0 aromatic rings. The lowest BCUT2D eigenvalue weighted by molar-refractivity contribution is 0.0529. The summed E-state index contributed by atoms with van der Waals surface area (Å²) in [7, 11) is 1.73. The first kappa shape index (κ1) is 12.9. The molecule has 1 N–H and O–H groups in total. The van der Waals surface area contributed by atoms with Gasteiger partial charge in [0.05, 0.1) is 12.7 Å². The van der Waals surface area contributed by atoms with E-state index in [-0.39, 0.29) is 6.10 Å². The van der Waals surface area contributed by atoms with E-state index in [1.165, 1.54) is 12.8 Å². The monoisotopic (exact) mass is 215 g/mol. The molecule has 1 aliphatic rings. The minimum absolute atomic E-state index is 0.188. The molecule has 2 atom stereocenters. The number of hydrogen-bond donors (Lipinski definition) is 1. The van der Waals surface area contributed by atoms with Gasteiger partial charge in [-0.15, -0.1) is 0 Å². The Labute approximate surface area is 93.4 Å². The van der Waals surface area contributed by atoms with E-state index in [1.807, 2.05) is 0 Å². The van der Waals surface area contributed by atoms with Crippen molar-refractivity contribution in [2.45, 2.75) is 45.3 Å². The van der Waals surface area contributed by atoms with Crippen LogP contribution in [-0.4, -0.2) is 49.0 Å². The maximum absolute atomic E-state index is 9.98. The summed E-state index contributed by atoms with van der Waals surface area (Å²) in [6.45, 7) is 6.78. The molecule has 3 heteroatoms. The molecule has 0 spiro atoms. The Morgan fingerprint density at radius 2 is 2.13 bits per heavy atom. The van der Waals surface area contributed by atoms with Crippen molar-refractivity contribution in [3.8, 4) is 0 Å². The lowest BCUT2D eigenvalue weighted by Crippen LogP contribution is -2.39. The maximum atomic E-state index is 9.98. The average molecular weight is 215 g/mol.